The molecule has 0 unspecified atom stereocenters. The van der Waals surface area contributed by atoms with E-state index in [-0.39, 0.29) is 23.8 Å². The molecule has 140 valence electrons. The van der Waals surface area contributed by atoms with Gasteiger partial charge in [-0.2, -0.15) is 0 Å². The van der Waals surface area contributed by atoms with Crippen LogP contribution in [-0.4, -0.2) is 27.9 Å². The van der Waals surface area contributed by atoms with E-state index in [1.807, 2.05) is 0 Å². The monoisotopic (exact) mass is 433 g/mol. The van der Waals surface area contributed by atoms with Gasteiger partial charge in [-0.25, -0.2) is 4.98 Å². The maximum absolute atomic E-state index is 12.5. The molecule has 0 fully saturated rings. The summed E-state index contributed by atoms with van der Waals surface area (Å²) in [6.45, 7) is 1.89. The number of nitrogens with zero attached hydrogens (tertiary/aromatic N) is 2. The molecule has 9 nitrogen and oxygen atoms in total. The number of anilines is 1. The number of nitrogens with one attached hydrogen (secondary N) is 3. The molecule has 2 heterocycles. The molecule has 1 aromatic carbocycles. The number of carbonyl (C=O) groups excluding carboxylic acids is 2. The topological polar surface area (TPSA) is 118 Å². The van der Waals surface area contributed by atoms with Crippen molar-refractivity contribution in [2.75, 3.05) is 12.0 Å². The fourth-order valence-corrected chi connectivity index (χ4v) is 2.72. The molecule has 0 spiro atoms. The Bertz CT molecular complexity index is 1060. The highest BCUT2D eigenvalue weighted by atomic mass is 79.9. The predicted molar refractivity (Wildman–Crippen MR) is 102 cm³/mol. The number of halogens is 1. The molecule has 27 heavy (non-hydrogen) atoms. The van der Waals surface area contributed by atoms with Gasteiger partial charge in [0.25, 0.3) is 17.4 Å². The summed E-state index contributed by atoms with van der Waals surface area (Å²) in [7, 11) is 0. The van der Waals surface area contributed by atoms with Crippen LogP contribution in [0.5, 0.6) is 0 Å². The highest BCUT2D eigenvalue weighted by Gasteiger charge is 2.13. The van der Waals surface area contributed by atoms with Crippen molar-refractivity contribution in [1.29, 1.82) is 0 Å². The molecule has 0 atom stereocenters. The van der Waals surface area contributed by atoms with E-state index >= 15 is 0 Å². The van der Waals surface area contributed by atoms with Crippen molar-refractivity contribution < 1.29 is 14.0 Å². The highest BCUT2D eigenvalue weighted by Crippen LogP contribution is 2.13. The molecule has 0 saturated heterocycles. The fraction of sp³-hybridized carbons (Fsp3) is 0.176. The Morgan fingerprint density at radius 2 is 2.00 bits per heavy atom. The Labute approximate surface area is 161 Å². The standard InChI is InChI=1S/C17H16BrN5O4/c1-2-23-16(26)10-5-3-4-6-11(10)20-17(23)22-21-14(24)9-19-15(25)12-7-8-13(18)27-12/h3-8H,2,9H2,1H3,(H,19,25)(H,20,22)(H,21,24). The van der Waals surface area contributed by atoms with Crippen molar-refractivity contribution in [1.82, 2.24) is 20.3 Å². The number of aromatic nitrogens is 2. The molecule has 0 aliphatic carbocycles. The van der Waals surface area contributed by atoms with Crippen LogP contribution in [0.1, 0.15) is 17.5 Å². The zero-order valence-corrected chi connectivity index (χ0v) is 15.9. The van der Waals surface area contributed by atoms with Gasteiger partial charge in [0.2, 0.25) is 5.95 Å². The second kappa shape index (κ2) is 8.04. The summed E-state index contributed by atoms with van der Waals surface area (Å²) in [6.07, 6.45) is 0. The largest absolute Gasteiger partial charge is 0.444 e. The summed E-state index contributed by atoms with van der Waals surface area (Å²) in [6, 6.07) is 10.0. The van der Waals surface area contributed by atoms with Gasteiger partial charge < -0.3 is 9.73 Å². The van der Waals surface area contributed by atoms with Crippen molar-refractivity contribution >= 4 is 44.6 Å². The smallest absolute Gasteiger partial charge is 0.287 e. The molecular weight excluding hydrogens is 418 g/mol. The van der Waals surface area contributed by atoms with E-state index in [4.69, 9.17) is 4.42 Å². The Morgan fingerprint density at radius 1 is 1.22 bits per heavy atom. The van der Waals surface area contributed by atoms with E-state index in [9.17, 15) is 14.4 Å². The molecular formula is C17H16BrN5O4. The number of fused-ring (bicyclic) bond motifs is 1. The van der Waals surface area contributed by atoms with Crippen molar-refractivity contribution in [3.8, 4) is 0 Å². The first-order valence-electron chi connectivity index (χ1n) is 8.07. The average Bonchev–Trinajstić information content (AvgIpc) is 3.11. The maximum atomic E-state index is 12.5. The number of para-hydroxylation sites is 1. The Morgan fingerprint density at radius 3 is 2.70 bits per heavy atom. The van der Waals surface area contributed by atoms with Gasteiger partial charge in [0, 0.05) is 6.54 Å². The lowest BCUT2D eigenvalue weighted by atomic mass is 10.2. The van der Waals surface area contributed by atoms with Crippen molar-refractivity contribution in [2.24, 2.45) is 0 Å². The second-order valence-corrected chi connectivity index (χ2v) is 6.24. The van der Waals surface area contributed by atoms with E-state index in [1.54, 1.807) is 37.3 Å². The molecule has 3 N–H and O–H groups in total. The van der Waals surface area contributed by atoms with Crippen LogP contribution in [0.2, 0.25) is 0 Å². The summed E-state index contributed by atoms with van der Waals surface area (Å²) < 4.78 is 6.92. The number of amides is 2. The van der Waals surface area contributed by atoms with Crippen LogP contribution in [0.25, 0.3) is 10.9 Å². The lowest BCUT2D eigenvalue weighted by Crippen LogP contribution is -2.41. The Hall–Kier alpha value is -3.14. The molecule has 0 radical (unpaired) electrons. The lowest BCUT2D eigenvalue weighted by molar-refractivity contribution is -0.119. The lowest BCUT2D eigenvalue weighted by Gasteiger charge is -2.14. The van der Waals surface area contributed by atoms with Crippen LogP contribution < -0.4 is 21.7 Å². The summed E-state index contributed by atoms with van der Waals surface area (Å²) in [5.41, 5.74) is 5.35. The van der Waals surface area contributed by atoms with E-state index in [0.29, 0.717) is 22.1 Å². The van der Waals surface area contributed by atoms with Crippen LogP contribution in [0.4, 0.5) is 5.95 Å². The van der Waals surface area contributed by atoms with Crippen LogP contribution in [-0.2, 0) is 11.3 Å². The summed E-state index contributed by atoms with van der Waals surface area (Å²) >= 11 is 3.10. The molecule has 3 rings (SSSR count). The molecule has 0 aliphatic rings. The van der Waals surface area contributed by atoms with Crippen LogP contribution in [0, 0.1) is 0 Å². The molecule has 2 amide bonds. The summed E-state index contributed by atoms with van der Waals surface area (Å²) in [5, 5.41) is 2.92. The number of benzene rings is 1. The van der Waals surface area contributed by atoms with Gasteiger partial charge in [0.05, 0.1) is 17.4 Å². The van der Waals surface area contributed by atoms with Crippen LogP contribution >= 0.6 is 15.9 Å². The minimum absolute atomic E-state index is 0.0821. The molecule has 3 aromatic rings. The number of hydrazine groups is 1. The third-order valence-corrected chi connectivity index (χ3v) is 4.12. The first-order valence-corrected chi connectivity index (χ1v) is 8.87. The first kappa shape index (κ1) is 18.6. The van der Waals surface area contributed by atoms with E-state index in [2.05, 4.69) is 37.1 Å². The first-order chi connectivity index (χ1) is 13.0. The third-order valence-electron chi connectivity index (χ3n) is 3.70. The zero-order chi connectivity index (χ0) is 19.4. The normalized spacial score (nSPS) is 10.6. The third kappa shape index (κ3) is 4.17. The van der Waals surface area contributed by atoms with Crippen molar-refractivity contribution in [3.63, 3.8) is 0 Å². The predicted octanol–water partition coefficient (Wildman–Crippen LogP) is 1.64. The number of rotatable bonds is 6. The molecule has 10 heteroatoms. The zero-order valence-electron chi connectivity index (χ0n) is 14.3. The summed E-state index contributed by atoms with van der Waals surface area (Å²) in [5.74, 6) is -0.751. The van der Waals surface area contributed by atoms with Crippen LogP contribution in [0.3, 0.4) is 0 Å². The number of hydrogen-bond acceptors (Lipinski definition) is 6. The van der Waals surface area contributed by atoms with Gasteiger partial charge in [-0.1, -0.05) is 12.1 Å². The molecule has 0 bridgehead atoms. The SMILES string of the molecule is CCn1c(NNC(=O)CNC(=O)c2ccc(Br)o2)nc2ccccc2c1=O. The maximum Gasteiger partial charge on any atom is 0.287 e. The fourth-order valence-electron chi connectivity index (χ4n) is 2.41. The Balaban J connectivity index is 1.65. The Kier molecular flexibility index (Phi) is 5.55. The molecule has 2 aromatic heterocycles. The summed E-state index contributed by atoms with van der Waals surface area (Å²) in [4.78, 5) is 40.7. The van der Waals surface area contributed by atoms with Gasteiger partial charge in [-0.3, -0.25) is 29.8 Å². The van der Waals surface area contributed by atoms with Gasteiger partial charge in [-0.05, 0) is 47.1 Å². The minimum atomic E-state index is -0.523. The van der Waals surface area contributed by atoms with Gasteiger partial charge in [0.1, 0.15) is 0 Å². The van der Waals surface area contributed by atoms with Gasteiger partial charge >= 0.3 is 0 Å². The van der Waals surface area contributed by atoms with Gasteiger partial charge in [0.15, 0.2) is 10.4 Å². The number of furan rings is 1. The molecule has 0 aliphatic heterocycles. The van der Waals surface area contributed by atoms with E-state index in [0.717, 1.165) is 0 Å². The van der Waals surface area contributed by atoms with Crippen LogP contribution in [0.15, 0.2) is 50.3 Å². The highest BCUT2D eigenvalue weighted by molar-refractivity contribution is 9.10. The molecule has 0 saturated carbocycles. The number of carbonyl (C=O) groups is 2. The minimum Gasteiger partial charge on any atom is -0.444 e. The van der Waals surface area contributed by atoms with E-state index < -0.39 is 11.8 Å². The number of hydrogen-bond donors (Lipinski definition) is 3. The van der Waals surface area contributed by atoms with Crippen molar-refractivity contribution in [2.45, 2.75) is 13.5 Å². The van der Waals surface area contributed by atoms with E-state index in [1.165, 1.54) is 10.6 Å². The van der Waals surface area contributed by atoms with Gasteiger partial charge in [-0.15, -0.1) is 0 Å². The van der Waals surface area contributed by atoms with Crippen molar-refractivity contribution in [3.05, 3.63) is 57.2 Å². The second-order valence-electron chi connectivity index (χ2n) is 5.46. The average molecular weight is 434 g/mol. The quantitative estimate of drug-likeness (QED) is 0.508.